The third-order valence-corrected chi connectivity index (χ3v) is 9.30. The number of sulfone groups is 1. The van der Waals surface area contributed by atoms with E-state index in [-0.39, 0.29) is 16.4 Å². The Labute approximate surface area is 186 Å². The van der Waals surface area contributed by atoms with Gasteiger partial charge in [-0.3, -0.25) is 4.90 Å². The smallest absolute Gasteiger partial charge is 0.243 e. The van der Waals surface area contributed by atoms with Crippen molar-refractivity contribution in [1.29, 1.82) is 0 Å². The van der Waals surface area contributed by atoms with Gasteiger partial charge in [0.2, 0.25) is 10.0 Å². The summed E-state index contributed by atoms with van der Waals surface area (Å²) in [5, 5.41) is 0. The zero-order valence-electron chi connectivity index (χ0n) is 18.4. The van der Waals surface area contributed by atoms with Crippen molar-refractivity contribution in [2.75, 3.05) is 57.5 Å². The summed E-state index contributed by atoms with van der Waals surface area (Å²) in [5.41, 5.74) is 0. The molecule has 2 saturated heterocycles. The second kappa shape index (κ2) is 10.6. The second-order valence-electron chi connectivity index (χ2n) is 8.66. The van der Waals surface area contributed by atoms with Crippen LogP contribution < -0.4 is 4.74 Å². The van der Waals surface area contributed by atoms with E-state index in [1.807, 2.05) is 13.8 Å². The van der Waals surface area contributed by atoms with Gasteiger partial charge in [0.25, 0.3) is 0 Å². The monoisotopic (exact) mass is 474 g/mol. The minimum Gasteiger partial charge on any atom is -0.493 e. The third-order valence-electron chi connectivity index (χ3n) is 5.59. The molecule has 0 radical (unpaired) electrons. The Morgan fingerprint density at radius 3 is 2.45 bits per heavy atom. The van der Waals surface area contributed by atoms with Gasteiger partial charge >= 0.3 is 0 Å². The first kappa shape index (κ1) is 24.4. The van der Waals surface area contributed by atoms with Crippen LogP contribution in [0.3, 0.4) is 0 Å². The van der Waals surface area contributed by atoms with Crippen molar-refractivity contribution in [3.63, 3.8) is 0 Å². The van der Waals surface area contributed by atoms with E-state index >= 15 is 0 Å². The van der Waals surface area contributed by atoms with Crippen molar-refractivity contribution < 1.29 is 26.3 Å². The molecule has 31 heavy (non-hydrogen) atoms. The molecule has 1 atom stereocenters. The van der Waals surface area contributed by atoms with Gasteiger partial charge in [-0.1, -0.05) is 13.8 Å². The fourth-order valence-electron chi connectivity index (χ4n) is 3.88. The highest BCUT2D eigenvalue weighted by atomic mass is 32.2. The zero-order chi connectivity index (χ0) is 22.5. The van der Waals surface area contributed by atoms with Crippen LogP contribution in [0.5, 0.6) is 5.75 Å². The van der Waals surface area contributed by atoms with Crippen molar-refractivity contribution in [1.82, 2.24) is 9.21 Å². The van der Waals surface area contributed by atoms with Gasteiger partial charge in [0.15, 0.2) is 9.84 Å². The van der Waals surface area contributed by atoms with E-state index in [2.05, 4.69) is 4.90 Å². The van der Waals surface area contributed by atoms with Crippen LogP contribution in [0.1, 0.15) is 26.7 Å². The predicted molar refractivity (Wildman–Crippen MR) is 120 cm³/mol. The van der Waals surface area contributed by atoms with E-state index in [9.17, 15) is 16.8 Å². The summed E-state index contributed by atoms with van der Waals surface area (Å²) < 4.78 is 63.4. The number of hydrogen-bond acceptors (Lipinski definition) is 7. The van der Waals surface area contributed by atoms with Crippen LogP contribution in [0.4, 0.5) is 0 Å². The van der Waals surface area contributed by atoms with Crippen LogP contribution in [0.25, 0.3) is 0 Å². The predicted octanol–water partition coefficient (Wildman–Crippen LogP) is 1.62. The van der Waals surface area contributed by atoms with Crippen LogP contribution >= 0.6 is 0 Å². The summed E-state index contributed by atoms with van der Waals surface area (Å²) in [6, 6.07) is 5.89. The highest BCUT2D eigenvalue weighted by Crippen LogP contribution is 2.27. The average molecular weight is 475 g/mol. The van der Waals surface area contributed by atoms with Gasteiger partial charge in [-0.05, 0) is 49.6 Å². The third kappa shape index (κ3) is 6.89. The van der Waals surface area contributed by atoms with E-state index in [4.69, 9.17) is 9.47 Å². The molecule has 2 fully saturated rings. The van der Waals surface area contributed by atoms with Gasteiger partial charge in [-0.25, -0.2) is 16.8 Å². The first-order valence-electron chi connectivity index (χ1n) is 10.9. The maximum Gasteiger partial charge on any atom is 0.243 e. The molecule has 3 rings (SSSR count). The highest BCUT2D eigenvalue weighted by Gasteiger charge is 2.38. The lowest BCUT2D eigenvalue weighted by Crippen LogP contribution is -2.43. The van der Waals surface area contributed by atoms with Crippen LogP contribution in [0.15, 0.2) is 29.2 Å². The van der Waals surface area contributed by atoms with Crippen molar-refractivity contribution in [2.24, 2.45) is 5.92 Å². The van der Waals surface area contributed by atoms with Gasteiger partial charge < -0.3 is 9.47 Å². The molecule has 2 aliphatic heterocycles. The minimum atomic E-state index is -3.82. The number of ether oxygens (including phenoxy) is 2. The van der Waals surface area contributed by atoms with E-state index in [1.54, 1.807) is 24.3 Å². The normalized spacial score (nSPS) is 22.3. The Kier molecular flexibility index (Phi) is 8.37. The lowest BCUT2D eigenvalue weighted by atomic mass is 10.2. The number of sulfonamides is 1. The van der Waals surface area contributed by atoms with Crippen LogP contribution in [0.2, 0.25) is 0 Å². The van der Waals surface area contributed by atoms with E-state index in [0.717, 1.165) is 19.6 Å². The summed E-state index contributed by atoms with van der Waals surface area (Å²) in [5.74, 6) is 0.916. The van der Waals surface area contributed by atoms with Crippen molar-refractivity contribution in [3.8, 4) is 5.75 Å². The summed E-state index contributed by atoms with van der Waals surface area (Å²) in [6.07, 6.45) is 0.986. The molecule has 0 spiro atoms. The van der Waals surface area contributed by atoms with Crippen LogP contribution in [-0.4, -0.2) is 89.6 Å². The Morgan fingerprint density at radius 1 is 1.19 bits per heavy atom. The maximum absolute atomic E-state index is 13.4. The molecule has 1 aromatic carbocycles. The standard InChI is InChI=1S/C21H34N2O6S2/c1-18(2)16-29-20-4-6-21(7-5-20)31(26,27)23(19-8-15-30(24,25)17-19)10-3-9-22-11-13-28-14-12-22/h4-7,18-19H,3,8-17H2,1-2H3/t19-/m1/s1. The SMILES string of the molecule is CC(C)COc1ccc(S(=O)(=O)N(CCCN2CCOCC2)[C@@H]2CCS(=O)(=O)C2)cc1. The maximum atomic E-state index is 13.4. The van der Waals surface area contributed by atoms with E-state index in [1.165, 1.54) is 4.31 Å². The lowest BCUT2D eigenvalue weighted by molar-refractivity contribution is 0.0367. The largest absolute Gasteiger partial charge is 0.493 e. The minimum absolute atomic E-state index is 0.0368. The van der Waals surface area contributed by atoms with Gasteiger partial charge in [0.1, 0.15) is 5.75 Å². The topological polar surface area (TPSA) is 93.2 Å². The Balaban J connectivity index is 1.73. The first-order valence-corrected chi connectivity index (χ1v) is 14.2. The van der Waals surface area contributed by atoms with Gasteiger partial charge in [-0.2, -0.15) is 4.31 Å². The molecule has 0 amide bonds. The van der Waals surface area contributed by atoms with Crippen molar-refractivity contribution >= 4 is 19.9 Å². The quantitative estimate of drug-likeness (QED) is 0.509. The van der Waals surface area contributed by atoms with Gasteiger partial charge in [-0.15, -0.1) is 0 Å². The highest BCUT2D eigenvalue weighted by molar-refractivity contribution is 7.92. The fraction of sp³-hybridized carbons (Fsp3) is 0.714. The molecular weight excluding hydrogens is 440 g/mol. The number of benzene rings is 1. The number of rotatable bonds is 10. The first-order chi connectivity index (χ1) is 14.7. The molecule has 0 unspecified atom stereocenters. The molecule has 0 N–H and O–H groups in total. The molecule has 10 heteroatoms. The summed E-state index contributed by atoms with van der Waals surface area (Å²) in [7, 11) is -7.02. The van der Waals surface area contributed by atoms with E-state index in [0.29, 0.717) is 50.9 Å². The van der Waals surface area contributed by atoms with Gasteiger partial charge in [0, 0.05) is 25.7 Å². The number of hydrogen-bond donors (Lipinski definition) is 0. The number of nitrogens with zero attached hydrogens (tertiary/aromatic N) is 2. The summed E-state index contributed by atoms with van der Waals surface area (Å²) >= 11 is 0. The molecular formula is C21H34N2O6S2. The summed E-state index contributed by atoms with van der Waals surface area (Å²) in [4.78, 5) is 2.42. The Morgan fingerprint density at radius 2 is 1.87 bits per heavy atom. The molecule has 2 aliphatic rings. The molecule has 8 nitrogen and oxygen atoms in total. The molecule has 0 aliphatic carbocycles. The molecule has 0 bridgehead atoms. The van der Waals surface area contributed by atoms with Gasteiger partial charge in [0.05, 0.1) is 36.2 Å². The lowest BCUT2D eigenvalue weighted by Gasteiger charge is -2.30. The average Bonchev–Trinajstić information content (AvgIpc) is 3.09. The fourth-order valence-corrected chi connectivity index (χ4v) is 7.40. The summed E-state index contributed by atoms with van der Waals surface area (Å²) in [6.45, 7) is 8.75. The van der Waals surface area contributed by atoms with Crippen molar-refractivity contribution in [3.05, 3.63) is 24.3 Å². The Hall–Kier alpha value is -1.20. The Bertz CT molecular complexity index is 910. The van der Waals surface area contributed by atoms with Crippen molar-refractivity contribution in [2.45, 2.75) is 37.6 Å². The number of morpholine rings is 1. The molecule has 0 saturated carbocycles. The van der Waals surface area contributed by atoms with E-state index < -0.39 is 25.9 Å². The second-order valence-corrected chi connectivity index (χ2v) is 12.8. The molecule has 1 aromatic rings. The zero-order valence-corrected chi connectivity index (χ0v) is 20.0. The molecule has 0 aromatic heterocycles. The molecule has 2 heterocycles. The molecule has 176 valence electrons. The van der Waals surface area contributed by atoms with Crippen LogP contribution in [0, 0.1) is 5.92 Å². The van der Waals surface area contributed by atoms with Crippen LogP contribution in [-0.2, 0) is 24.6 Å².